The summed E-state index contributed by atoms with van der Waals surface area (Å²) in [5.74, 6) is 1.06. The van der Waals surface area contributed by atoms with Gasteiger partial charge in [0.25, 0.3) is 4.84 Å². The monoisotopic (exact) mass is 169 g/mol. The molecule has 1 aliphatic carbocycles. The first-order chi connectivity index (χ1) is 5.09. The Hall–Kier alpha value is -0.570. The van der Waals surface area contributed by atoms with E-state index in [1.807, 2.05) is 0 Å². The first-order valence-electron chi connectivity index (χ1n) is 3.82. The number of rotatable bonds is 0. The maximum atomic E-state index is 5.32. The van der Waals surface area contributed by atoms with Gasteiger partial charge in [0.2, 0.25) is 0 Å². The number of hydrogen-bond donors (Lipinski definition) is 1. The minimum absolute atomic E-state index is 0.232. The average molecular weight is 169 g/mol. The van der Waals surface area contributed by atoms with Crippen molar-refractivity contribution in [3.8, 4) is 0 Å². The SMILES string of the molecule is CC1(C)CCc2oc(=S)[nH]c21. The molecule has 11 heavy (non-hydrogen) atoms. The van der Waals surface area contributed by atoms with Crippen LogP contribution in [0.1, 0.15) is 31.7 Å². The van der Waals surface area contributed by atoms with E-state index in [1.54, 1.807) is 0 Å². The summed E-state index contributed by atoms with van der Waals surface area (Å²) in [6.07, 6.45) is 2.18. The highest BCUT2D eigenvalue weighted by Gasteiger charge is 2.33. The minimum Gasteiger partial charge on any atom is -0.434 e. The molecular formula is C8H11NOS. The molecule has 2 nitrogen and oxygen atoms in total. The lowest BCUT2D eigenvalue weighted by atomic mass is 9.91. The van der Waals surface area contributed by atoms with Crippen LogP contribution in [0.15, 0.2) is 4.42 Å². The van der Waals surface area contributed by atoms with Crippen LogP contribution in [0.3, 0.4) is 0 Å². The zero-order valence-electron chi connectivity index (χ0n) is 6.73. The summed E-state index contributed by atoms with van der Waals surface area (Å²) in [6, 6.07) is 0. The molecule has 0 fully saturated rings. The molecule has 60 valence electrons. The van der Waals surface area contributed by atoms with Crippen molar-refractivity contribution in [1.82, 2.24) is 4.98 Å². The number of hydrogen-bond acceptors (Lipinski definition) is 2. The zero-order valence-corrected chi connectivity index (χ0v) is 7.55. The Morgan fingerprint density at radius 3 is 2.91 bits per heavy atom. The van der Waals surface area contributed by atoms with Gasteiger partial charge in [0, 0.05) is 11.8 Å². The third-order valence-electron chi connectivity index (χ3n) is 2.38. The van der Waals surface area contributed by atoms with E-state index in [9.17, 15) is 0 Å². The Balaban J connectivity index is 2.62. The van der Waals surface area contributed by atoms with Crippen LogP contribution >= 0.6 is 12.2 Å². The topological polar surface area (TPSA) is 28.9 Å². The molecule has 0 saturated heterocycles. The minimum atomic E-state index is 0.232. The molecule has 1 N–H and O–H groups in total. The van der Waals surface area contributed by atoms with Gasteiger partial charge in [-0.2, -0.15) is 0 Å². The smallest absolute Gasteiger partial charge is 0.266 e. The van der Waals surface area contributed by atoms with Crippen LogP contribution in [0.2, 0.25) is 0 Å². The van der Waals surface area contributed by atoms with Gasteiger partial charge in [0.1, 0.15) is 5.76 Å². The van der Waals surface area contributed by atoms with Crippen molar-refractivity contribution >= 4 is 12.2 Å². The maximum absolute atomic E-state index is 5.32. The number of oxazole rings is 1. The summed E-state index contributed by atoms with van der Waals surface area (Å²) >= 11 is 4.90. The van der Waals surface area contributed by atoms with Crippen molar-refractivity contribution in [2.75, 3.05) is 0 Å². The molecule has 0 radical (unpaired) electrons. The average Bonchev–Trinajstić information content (AvgIpc) is 2.35. The van der Waals surface area contributed by atoms with Crippen LogP contribution in [0.5, 0.6) is 0 Å². The normalized spacial score (nSPS) is 20.2. The van der Waals surface area contributed by atoms with Crippen molar-refractivity contribution in [2.45, 2.75) is 32.1 Å². The lowest BCUT2D eigenvalue weighted by Gasteiger charge is -2.14. The summed E-state index contributed by atoms with van der Waals surface area (Å²) in [5, 5.41) is 0. The molecule has 0 bridgehead atoms. The molecule has 0 amide bonds. The van der Waals surface area contributed by atoms with Crippen LogP contribution in [0.25, 0.3) is 0 Å². The van der Waals surface area contributed by atoms with Crippen molar-refractivity contribution < 1.29 is 4.42 Å². The highest BCUT2D eigenvalue weighted by molar-refractivity contribution is 7.71. The predicted octanol–water partition coefficient (Wildman–Crippen LogP) is 2.56. The number of fused-ring (bicyclic) bond motifs is 1. The van der Waals surface area contributed by atoms with Crippen LogP contribution in [0, 0.1) is 4.84 Å². The molecule has 1 aromatic rings. The molecule has 3 heteroatoms. The number of aromatic amines is 1. The van der Waals surface area contributed by atoms with Crippen molar-refractivity contribution in [1.29, 1.82) is 0 Å². The van der Waals surface area contributed by atoms with Gasteiger partial charge < -0.3 is 9.40 Å². The van der Waals surface area contributed by atoms with Crippen molar-refractivity contribution in [2.24, 2.45) is 0 Å². The Morgan fingerprint density at radius 2 is 2.27 bits per heavy atom. The molecule has 0 atom stereocenters. The third-order valence-corrected chi connectivity index (χ3v) is 2.56. The highest BCUT2D eigenvalue weighted by atomic mass is 32.1. The third kappa shape index (κ3) is 0.948. The molecule has 0 spiro atoms. The molecule has 0 aliphatic heterocycles. The molecule has 1 heterocycles. The fourth-order valence-corrected chi connectivity index (χ4v) is 1.84. The zero-order chi connectivity index (χ0) is 8.06. The molecule has 1 aromatic heterocycles. The van der Waals surface area contributed by atoms with Crippen molar-refractivity contribution in [3.63, 3.8) is 0 Å². The Morgan fingerprint density at radius 1 is 1.55 bits per heavy atom. The number of nitrogens with one attached hydrogen (secondary N) is 1. The van der Waals surface area contributed by atoms with Crippen LogP contribution in [0.4, 0.5) is 0 Å². The Kier molecular flexibility index (Phi) is 1.27. The van der Waals surface area contributed by atoms with Gasteiger partial charge in [0.15, 0.2) is 0 Å². The van der Waals surface area contributed by atoms with Gasteiger partial charge in [-0.1, -0.05) is 13.8 Å². The quantitative estimate of drug-likeness (QED) is 0.605. The second-order valence-electron chi connectivity index (χ2n) is 3.70. The number of aromatic nitrogens is 1. The Bertz CT molecular complexity index is 334. The van der Waals surface area contributed by atoms with Gasteiger partial charge in [-0.15, -0.1) is 0 Å². The van der Waals surface area contributed by atoms with Crippen LogP contribution in [-0.2, 0) is 11.8 Å². The van der Waals surface area contributed by atoms with E-state index in [0.29, 0.717) is 4.84 Å². The predicted molar refractivity (Wildman–Crippen MR) is 45.2 cm³/mol. The number of H-pyrrole nitrogens is 1. The first kappa shape index (κ1) is 7.10. The van der Waals surface area contributed by atoms with Gasteiger partial charge in [0.05, 0.1) is 5.69 Å². The number of aryl methyl sites for hydroxylation is 1. The van der Waals surface area contributed by atoms with E-state index in [4.69, 9.17) is 16.6 Å². The molecule has 2 rings (SSSR count). The first-order valence-corrected chi connectivity index (χ1v) is 4.23. The van der Waals surface area contributed by atoms with Crippen molar-refractivity contribution in [3.05, 3.63) is 16.3 Å². The van der Waals surface area contributed by atoms with E-state index in [1.165, 1.54) is 5.69 Å². The second-order valence-corrected chi connectivity index (χ2v) is 4.07. The van der Waals surface area contributed by atoms with E-state index >= 15 is 0 Å². The van der Waals surface area contributed by atoms with Gasteiger partial charge in [-0.25, -0.2) is 0 Å². The molecular weight excluding hydrogens is 158 g/mol. The highest BCUT2D eigenvalue weighted by Crippen LogP contribution is 2.37. The van der Waals surface area contributed by atoms with E-state index in [-0.39, 0.29) is 5.41 Å². The Labute approximate surface area is 70.6 Å². The van der Waals surface area contributed by atoms with E-state index < -0.39 is 0 Å². The summed E-state index contributed by atoms with van der Waals surface area (Å²) in [6.45, 7) is 4.42. The molecule has 1 aliphatic rings. The lowest BCUT2D eigenvalue weighted by molar-refractivity contribution is 0.470. The summed E-state index contributed by atoms with van der Waals surface area (Å²) < 4.78 is 5.32. The largest absolute Gasteiger partial charge is 0.434 e. The summed E-state index contributed by atoms with van der Waals surface area (Å²) in [5.41, 5.74) is 1.43. The van der Waals surface area contributed by atoms with Gasteiger partial charge >= 0.3 is 0 Å². The second kappa shape index (κ2) is 1.97. The molecule has 0 aromatic carbocycles. The fraction of sp³-hybridized carbons (Fsp3) is 0.625. The van der Waals surface area contributed by atoms with Crippen LogP contribution in [-0.4, -0.2) is 4.98 Å². The van der Waals surface area contributed by atoms with Crippen LogP contribution < -0.4 is 0 Å². The van der Waals surface area contributed by atoms with Gasteiger partial charge in [-0.3, -0.25) is 0 Å². The standard InChI is InChI=1S/C8H11NOS/c1-8(2)4-3-5-6(8)9-7(11)10-5/h3-4H2,1-2H3,(H,9,11). The summed E-state index contributed by atoms with van der Waals surface area (Å²) in [7, 11) is 0. The fourth-order valence-electron chi connectivity index (χ4n) is 1.63. The van der Waals surface area contributed by atoms with Gasteiger partial charge in [-0.05, 0) is 18.6 Å². The molecule has 0 unspecified atom stereocenters. The summed E-state index contributed by atoms with van der Waals surface area (Å²) in [4.78, 5) is 3.61. The lowest BCUT2D eigenvalue weighted by Crippen LogP contribution is -2.12. The molecule has 0 saturated carbocycles. The van der Waals surface area contributed by atoms with E-state index in [0.717, 1.165) is 18.6 Å². The maximum Gasteiger partial charge on any atom is 0.266 e. The van der Waals surface area contributed by atoms with E-state index in [2.05, 4.69) is 18.8 Å².